The van der Waals surface area contributed by atoms with Crippen molar-refractivity contribution in [3.63, 3.8) is 0 Å². The first kappa shape index (κ1) is 24.2. The summed E-state index contributed by atoms with van der Waals surface area (Å²) in [5, 5.41) is 11.2. The zero-order chi connectivity index (χ0) is 24.5. The van der Waals surface area contributed by atoms with Crippen molar-refractivity contribution in [2.45, 2.75) is 63.3 Å². The monoisotopic (exact) mass is 477 g/mol. The number of carbonyl (C=O) groups excluding carboxylic acids is 1. The Hall–Kier alpha value is -2.95. The lowest BCUT2D eigenvalue weighted by atomic mass is 9.81. The Kier molecular flexibility index (Phi) is 6.92. The highest BCUT2D eigenvalue weighted by Crippen LogP contribution is 2.38. The number of alkyl halides is 3. The van der Waals surface area contributed by atoms with Crippen LogP contribution in [0.1, 0.15) is 61.1 Å². The van der Waals surface area contributed by atoms with E-state index in [-0.39, 0.29) is 29.0 Å². The Morgan fingerprint density at radius 2 is 2.09 bits per heavy atom. The predicted octanol–water partition coefficient (Wildman–Crippen LogP) is 3.94. The average Bonchev–Trinajstić information content (AvgIpc) is 3.55. The van der Waals surface area contributed by atoms with Crippen LogP contribution in [0.5, 0.6) is 0 Å². The summed E-state index contributed by atoms with van der Waals surface area (Å²) in [5.74, 6) is 0.449. The molecule has 34 heavy (non-hydrogen) atoms. The average molecular weight is 478 g/mol. The molecule has 4 rings (SSSR count). The van der Waals surface area contributed by atoms with Crippen LogP contribution < -0.4 is 16.4 Å². The van der Waals surface area contributed by atoms with Crippen molar-refractivity contribution >= 4 is 24.1 Å². The van der Waals surface area contributed by atoms with E-state index in [1.54, 1.807) is 10.9 Å². The summed E-state index contributed by atoms with van der Waals surface area (Å²) in [6.07, 6.45) is 3.42. The smallest absolute Gasteiger partial charge is 0.365 e. The number of nitrogens with zero attached hydrogens (tertiary/aromatic N) is 4. The lowest BCUT2D eigenvalue weighted by Crippen LogP contribution is -2.44. The molecule has 2 fully saturated rings. The number of nitrogens with two attached hydrogens (primary N) is 1. The molecule has 0 aliphatic heterocycles. The minimum absolute atomic E-state index is 0.000776. The summed E-state index contributed by atoms with van der Waals surface area (Å²) < 4.78 is 40.1. The van der Waals surface area contributed by atoms with Crippen molar-refractivity contribution < 1.29 is 18.0 Å². The van der Waals surface area contributed by atoms with Crippen LogP contribution in [-0.4, -0.2) is 46.0 Å². The zero-order valence-electron chi connectivity index (χ0n) is 19.1. The summed E-state index contributed by atoms with van der Waals surface area (Å²) in [7, 11) is 0. The van der Waals surface area contributed by atoms with Gasteiger partial charge < -0.3 is 21.4 Å². The molecule has 2 aromatic heterocycles. The number of pyridine rings is 1. The molecule has 2 aliphatic rings. The van der Waals surface area contributed by atoms with Gasteiger partial charge in [-0.2, -0.15) is 18.3 Å². The first-order valence-electron chi connectivity index (χ1n) is 11.5. The number of primary amides is 1. The van der Waals surface area contributed by atoms with E-state index in [2.05, 4.69) is 39.3 Å². The standard InChI is InChI=1S/C23H30F3N7O/c1-13(14-3-4-14)30-16-5-7-19(15(9-16)10-28-2)33-12-18(21(27)34)22(32-33)31-17-6-8-20(29-11-17)23(24,25)26/h6,8,11-16,19,30H,2-5,7,9-10H2,1H3,(H2,27,34)(H,31,32). The van der Waals surface area contributed by atoms with Crippen molar-refractivity contribution in [2.75, 3.05) is 11.9 Å². The fourth-order valence-corrected chi connectivity index (χ4v) is 4.82. The topological polar surface area (TPSA) is 110 Å². The van der Waals surface area contributed by atoms with E-state index >= 15 is 0 Å². The normalized spacial score (nSPS) is 23.9. The molecule has 4 unspecified atom stereocenters. The van der Waals surface area contributed by atoms with E-state index in [9.17, 15) is 18.0 Å². The van der Waals surface area contributed by atoms with Gasteiger partial charge in [-0.1, -0.05) is 0 Å². The van der Waals surface area contributed by atoms with E-state index in [0.29, 0.717) is 18.6 Å². The number of amides is 1. The van der Waals surface area contributed by atoms with Crippen LogP contribution in [0.15, 0.2) is 29.5 Å². The first-order chi connectivity index (χ1) is 16.2. The second-order valence-corrected chi connectivity index (χ2v) is 9.33. The van der Waals surface area contributed by atoms with E-state index in [1.807, 2.05) is 0 Å². The molecule has 4 N–H and O–H groups in total. The van der Waals surface area contributed by atoms with Gasteiger partial charge in [0, 0.05) is 30.7 Å². The van der Waals surface area contributed by atoms with Gasteiger partial charge in [0.15, 0.2) is 5.82 Å². The Bertz CT molecular complexity index is 1020. The second kappa shape index (κ2) is 9.73. The van der Waals surface area contributed by atoms with Crippen molar-refractivity contribution in [1.29, 1.82) is 0 Å². The van der Waals surface area contributed by atoms with Crippen molar-refractivity contribution in [3.8, 4) is 0 Å². The lowest BCUT2D eigenvalue weighted by Gasteiger charge is -2.37. The lowest BCUT2D eigenvalue weighted by molar-refractivity contribution is -0.141. The maximum Gasteiger partial charge on any atom is 0.433 e. The van der Waals surface area contributed by atoms with Gasteiger partial charge in [0.25, 0.3) is 5.91 Å². The predicted molar refractivity (Wildman–Crippen MR) is 123 cm³/mol. The van der Waals surface area contributed by atoms with Crippen LogP contribution in [0, 0.1) is 11.8 Å². The Morgan fingerprint density at radius 1 is 1.32 bits per heavy atom. The highest BCUT2D eigenvalue weighted by atomic mass is 19.4. The van der Waals surface area contributed by atoms with Gasteiger partial charge in [-0.05, 0) is 63.8 Å². The molecule has 0 spiro atoms. The second-order valence-electron chi connectivity index (χ2n) is 9.33. The molecule has 4 atom stereocenters. The van der Waals surface area contributed by atoms with E-state index in [1.165, 1.54) is 18.9 Å². The molecular formula is C23H30F3N7O. The minimum atomic E-state index is -4.53. The van der Waals surface area contributed by atoms with Gasteiger partial charge in [0.05, 0.1) is 17.9 Å². The van der Waals surface area contributed by atoms with Gasteiger partial charge >= 0.3 is 6.18 Å². The number of nitrogens with one attached hydrogen (secondary N) is 2. The summed E-state index contributed by atoms with van der Waals surface area (Å²) in [5.41, 5.74) is 4.99. The number of halogens is 3. The van der Waals surface area contributed by atoms with E-state index < -0.39 is 17.8 Å². The largest absolute Gasteiger partial charge is 0.433 e. The van der Waals surface area contributed by atoms with Crippen molar-refractivity contribution in [1.82, 2.24) is 20.1 Å². The highest BCUT2D eigenvalue weighted by Gasteiger charge is 2.36. The zero-order valence-corrected chi connectivity index (χ0v) is 19.1. The number of hydrogen-bond donors (Lipinski definition) is 3. The van der Waals surface area contributed by atoms with Gasteiger partial charge in [-0.15, -0.1) is 0 Å². The number of aliphatic imine (C=N–C) groups is 1. The third-order valence-corrected chi connectivity index (χ3v) is 6.79. The molecule has 8 nitrogen and oxygen atoms in total. The third kappa shape index (κ3) is 5.57. The SMILES string of the molecule is C=NCC1CC(NC(C)C2CC2)CCC1n1cc(C(N)=O)c(Nc2ccc(C(F)(F)F)nc2)n1. The summed E-state index contributed by atoms with van der Waals surface area (Å²) in [4.78, 5) is 19.6. The van der Waals surface area contributed by atoms with Crippen LogP contribution in [0.2, 0.25) is 0 Å². The maximum absolute atomic E-state index is 12.8. The summed E-state index contributed by atoms with van der Waals surface area (Å²) in [6.45, 7) is 6.47. The van der Waals surface area contributed by atoms with Crippen LogP contribution >= 0.6 is 0 Å². The quantitative estimate of drug-likeness (QED) is 0.474. The molecule has 184 valence electrons. The first-order valence-corrected chi connectivity index (χ1v) is 11.5. The molecule has 2 heterocycles. The number of rotatable bonds is 9. The van der Waals surface area contributed by atoms with Gasteiger partial charge in [0.2, 0.25) is 0 Å². The van der Waals surface area contributed by atoms with Gasteiger partial charge in [-0.3, -0.25) is 9.48 Å². The van der Waals surface area contributed by atoms with Gasteiger partial charge in [0.1, 0.15) is 11.3 Å². The van der Waals surface area contributed by atoms with Crippen LogP contribution in [-0.2, 0) is 6.18 Å². The Labute approximate surface area is 196 Å². The van der Waals surface area contributed by atoms with Gasteiger partial charge in [-0.25, -0.2) is 4.98 Å². The molecule has 0 bridgehead atoms. The minimum Gasteiger partial charge on any atom is -0.365 e. The maximum atomic E-state index is 12.8. The molecular weight excluding hydrogens is 447 g/mol. The molecule has 0 aromatic carbocycles. The fraction of sp³-hybridized carbons (Fsp3) is 0.565. The number of carbonyl (C=O) groups is 1. The van der Waals surface area contributed by atoms with Crippen LogP contribution in [0.3, 0.4) is 0 Å². The molecule has 2 aromatic rings. The molecule has 0 saturated heterocycles. The van der Waals surface area contributed by atoms with Crippen molar-refractivity contribution in [3.05, 3.63) is 35.8 Å². The number of anilines is 2. The Balaban J connectivity index is 1.51. The molecule has 0 radical (unpaired) electrons. The molecule has 11 heteroatoms. The van der Waals surface area contributed by atoms with E-state index in [0.717, 1.165) is 37.4 Å². The highest BCUT2D eigenvalue weighted by molar-refractivity contribution is 5.98. The third-order valence-electron chi connectivity index (χ3n) is 6.79. The van der Waals surface area contributed by atoms with E-state index in [4.69, 9.17) is 5.73 Å². The molecule has 1 amide bonds. The summed E-state index contributed by atoms with van der Waals surface area (Å²) in [6, 6.07) is 2.99. The molecule has 2 saturated carbocycles. The summed E-state index contributed by atoms with van der Waals surface area (Å²) >= 11 is 0. The van der Waals surface area contributed by atoms with Crippen molar-refractivity contribution in [2.24, 2.45) is 22.6 Å². The Morgan fingerprint density at radius 3 is 2.68 bits per heavy atom. The molecule has 2 aliphatic carbocycles. The van der Waals surface area contributed by atoms with Crippen LogP contribution in [0.25, 0.3) is 0 Å². The number of hydrogen-bond acceptors (Lipinski definition) is 6. The fourth-order valence-electron chi connectivity index (χ4n) is 4.82. The van der Waals surface area contributed by atoms with Crippen LogP contribution in [0.4, 0.5) is 24.7 Å². The number of aromatic nitrogens is 3.